The summed E-state index contributed by atoms with van der Waals surface area (Å²) in [7, 11) is 0. The second-order valence-electron chi connectivity index (χ2n) is 5.58. The molecule has 0 unspecified atom stereocenters. The molecule has 1 heterocycles. The molecule has 1 nitrogen and oxygen atoms in total. The van der Waals surface area contributed by atoms with E-state index in [4.69, 9.17) is 0 Å². The largest absolute Gasteiger partial charge is 0.314 e. The minimum atomic E-state index is 0.866. The first-order valence-electron chi connectivity index (χ1n) is 7.40. The van der Waals surface area contributed by atoms with Crippen LogP contribution in [0.4, 0.5) is 0 Å². The molecule has 0 spiro atoms. The molecule has 1 fully saturated rings. The Bertz CT molecular complexity index is 398. The van der Waals surface area contributed by atoms with Crippen LogP contribution in [0.2, 0.25) is 0 Å². The summed E-state index contributed by atoms with van der Waals surface area (Å²) >= 11 is 2.03. The van der Waals surface area contributed by atoms with E-state index >= 15 is 0 Å². The lowest BCUT2D eigenvalue weighted by Crippen LogP contribution is -2.17. The number of fused-ring (bicyclic) bond motifs is 1. The Morgan fingerprint density at radius 2 is 2.17 bits per heavy atom. The van der Waals surface area contributed by atoms with Crippen molar-refractivity contribution in [3.8, 4) is 0 Å². The molecule has 1 aliphatic carbocycles. The topological polar surface area (TPSA) is 12.0 Å². The molecule has 1 aromatic carbocycles. The number of benzene rings is 1. The predicted octanol–water partition coefficient (Wildman–Crippen LogP) is 3.80. The van der Waals surface area contributed by atoms with Crippen molar-refractivity contribution in [1.82, 2.24) is 5.32 Å². The average Bonchev–Trinajstić information content (AvgIpc) is 3.22. The molecule has 1 aliphatic heterocycles. The second-order valence-corrected chi connectivity index (χ2v) is 6.72. The fraction of sp³-hybridized carbons (Fsp3) is 0.625. The van der Waals surface area contributed by atoms with Crippen LogP contribution in [-0.4, -0.2) is 18.3 Å². The number of rotatable bonds is 6. The fourth-order valence-corrected chi connectivity index (χ4v) is 3.64. The van der Waals surface area contributed by atoms with Gasteiger partial charge in [0, 0.05) is 10.9 Å². The van der Waals surface area contributed by atoms with Crippen LogP contribution < -0.4 is 5.32 Å². The summed E-state index contributed by atoms with van der Waals surface area (Å²) in [6.45, 7) is 1.21. The summed E-state index contributed by atoms with van der Waals surface area (Å²) < 4.78 is 0. The smallest absolute Gasteiger partial charge is 0.0104 e. The Morgan fingerprint density at radius 1 is 1.22 bits per heavy atom. The van der Waals surface area contributed by atoms with Gasteiger partial charge in [-0.2, -0.15) is 0 Å². The Labute approximate surface area is 115 Å². The lowest BCUT2D eigenvalue weighted by molar-refractivity contribution is 0.619. The van der Waals surface area contributed by atoms with Crippen LogP contribution in [0.1, 0.15) is 43.2 Å². The van der Waals surface area contributed by atoms with E-state index in [9.17, 15) is 0 Å². The van der Waals surface area contributed by atoms with Crippen LogP contribution >= 0.6 is 11.8 Å². The third-order valence-corrected chi connectivity index (χ3v) is 5.08. The van der Waals surface area contributed by atoms with Crippen LogP contribution in [-0.2, 0) is 12.8 Å². The average molecular weight is 261 g/mol. The summed E-state index contributed by atoms with van der Waals surface area (Å²) in [5.41, 5.74) is 3.14. The van der Waals surface area contributed by atoms with Crippen molar-refractivity contribution in [3.05, 3.63) is 29.3 Å². The Balaban J connectivity index is 1.43. The highest BCUT2D eigenvalue weighted by atomic mass is 32.2. The lowest BCUT2D eigenvalue weighted by atomic mass is 10.0. The number of hydrogen-bond acceptors (Lipinski definition) is 2. The van der Waals surface area contributed by atoms with Crippen LogP contribution in [0, 0.1) is 0 Å². The summed E-state index contributed by atoms with van der Waals surface area (Å²) in [6, 6.07) is 8.00. The fourth-order valence-electron chi connectivity index (χ4n) is 2.62. The minimum absolute atomic E-state index is 0.866. The van der Waals surface area contributed by atoms with E-state index in [1.54, 1.807) is 11.1 Å². The maximum atomic E-state index is 3.59. The first kappa shape index (κ1) is 12.6. The molecule has 1 aromatic rings. The van der Waals surface area contributed by atoms with Gasteiger partial charge in [0.15, 0.2) is 0 Å². The zero-order chi connectivity index (χ0) is 12.2. The Hall–Kier alpha value is -0.470. The molecule has 98 valence electrons. The highest BCUT2D eigenvalue weighted by Crippen LogP contribution is 2.30. The van der Waals surface area contributed by atoms with Crippen LogP contribution in [0.25, 0.3) is 0 Å². The molecule has 0 saturated heterocycles. The van der Waals surface area contributed by atoms with E-state index < -0.39 is 0 Å². The molecule has 3 rings (SSSR count). The molecular formula is C16H23NS. The minimum Gasteiger partial charge on any atom is -0.314 e. The standard InChI is InChI=1S/C16H23NS/c1(2-10-17-15-7-8-15)4-13-6-9-16-14(12-13)5-3-11-18-16/h6,9,12,15,17H,1-5,7-8,10-11H2. The lowest BCUT2D eigenvalue weighted by Gasteiger charge is -2.16. The third-order valence-electron chi connectivity index (χ3n) is 3.88. The van der Waals surface area contributed by atoms with Gasteiger partial charge in [0.2, 0.25) is 0 Å². The number of hydrogen-bond donors (Lipinski definition) is 1. The molecule has 0 amide bonds. The van der Waals surface area contributed by atoms with E-state index in [2.05, 4.69) is 23.5 Å². The summed E-state index contributed by atoms with van der Waals surface area (Å²) in [5, 5.41) is 3.59. The van der Waals surface area contributed by atoms with E-state index in [1.807, 2.05) is 11.8 Å². The molecule has 0 atom stereocenters. The van der Waals surface area contributed by atoms with E-state index in [0.29, 0.717) is 0 Å². The van der Waals surface area contributed by atoms with Gasteiger partial charge in [0.1, 0.15) is 0 Å². The molecule has 0 bridgehead atoms. The Morgan fingerprint density at radius 3 is 3.06 bits per heavy atom. The monoisotopic (exact) mass is 261 g/mol. The molecule has 2 heteroatoms. The van der Waals surface area contributed by atoms with Gasteiger partial charge in [-0.25, -0.2) is 0 Å². The van der Waals surface area contributed by atoms with E-state index in [1.165, 1.54) is 62.1 Å². The van der Waals surface area contributed by atoms with Crippen molar-refractivity contribution < 1.29 is 0 Å². The third kappa shape index (κ3) is 3.52. The predicted molar refractivity (Wildman–Crippen MR) is 79.4 cm³/mol. The van der Waals surface area contributed by atoms with Gasteiger partial charge in [-0.1, -0.05) is 12.1 Å². The van der Waals surface area contributed by atoms with Crippen LogP contribution in [0.5, 0.6) is 0 Å². The Kier molecular flexibility index (Phi) is 4.27. The zero-order valence-electron chi connectivity index (χ0n) is 11.1. The van der Waals surface area contributed by atoms with E-state index in [0.717, 1.165) is 6.04 Å². The molecular weight excluding hydrogens is 238 g/mol. The van der Waals surface area contributed by atoms with Crippen molar-refractivity contribution in [2.75, 3.05) is 12.3 Å². The number of unbranched alkanes of at least 4 members (excludes halogenated alkanes) is 1. The molecule has 1 N–H and O–H groups in total. The highest BCUT2D eigenvalue weighted by molar-refractivity contribution is 7.99. The van der Waals surface area contributed by atoms with Crippen molar-refractivity contribution in [3.63, 3.8) is 0 Å². The van der Waals surface area contributed by atoms with Gasteiger partial charge >= 0.3 is 0 Å². The maximum Gasteiger partial charge on any atom is 0.0104 e. The summed E-state index contributed by atoms with van der Waals surface area (Å²) in [4.78, 5) is 1.53. The molecule has 1 saturated carbocycles. The first-order valence-corrected chi connectivity index (χ1v) is 8.38. The summed E-state index contributed by atoms with van der Waals surface area (Å²) in [6.07, 6.45) is 9.36. The highest BCUT2D eigenvalue weighted by Gasteiger charge is 2.19. The van der Waals surface area contributed by atoms with Gasteiger partial charge in [-0.05, 0) is 74.4 Å². The number of thioether (sulfide) groups is 1. The maximum absolute atomic E-state index is 3.59. The molecule has 0 radical (unpaired) electrons. The van der Waals surface area contributed by atoms with Gasteiger partial charge in [-0.3, -0.25) is 0 Å². The van der Waals surface area contributed by atoms with Crippen molar-refractivity contribution in [2.24, 2.45) is 0 Å². The van der Waals surface area contributed by atoms with Crippen LogP contribution in [0.15, 0.2) is 23.1 Å². The van der Waals surface area contributed by atoms with E-state index in [-0.39, 0.29) is 0 Å². The van der Waals surface area contributed by atoms with Crippen molar-refractivity contribution >= 4 is 11.8 Å². The SMILES string of the molecule is c1cc2c(cc1CCCCNC1CC1)CCCS2. The molecule has 0 aromatic heterocycles. The quantitative estimate of drug-likeness (QED) is 0.782. The normalized spacial score (nSPS) is 18.7. The van der Waals surface area contributed by atoms with Gasteiger partial charge in [0.25, 0.3) is 0 Å². The molecule has 18 heavy (non-hydrogen) atoms. The van der Waals surface area contributed by atoms with Gasteiger partial charge < -0.3 is 5.32 Å². The van der Waals surface area contributed by atoms with Gasteiger partial charge in [-0.15, -0.1) is 11.8 Å². The number of aryl methyl sites for hydroxylation is 2. The first-order chi connectivity index (χ1) is 8.92. The molecule has 2 aliphatic rings. The zero-order valence-corrected chi connectivity index (χ0v) is 11.9. The second kappa shape index (κ2) is 6.12. The number of nitrogens with one attached hydrogen (secondary N) is 1. The van der Waals surface area contributed by atoms with Gasteiger partial charge in [0.05, 0.1) is 0 Å². The van der Waals surface area contributed by atoms with Crippen LogP contribution in [0.3, 0.4) is 0 Å². The summed E-state index contributed by atoms with van der Waals surface area (Å²) in [5.74, 6) is 1.30. The van der Waals surface area contributed by atoms with Crippen molar-refractivity contribution in [1.29, 1.82) is 0 Å². The van der Waals surface area contributed by atoms with Crippen molar-refractivity contribution in [2.45, 2.75) is 55.9 Å².